The molecule has 0 radical (unpaired) electrons. The van der Waals surface area contributed by atoms with Gasteiger partial charge in [0, 0.05) is 32.0 Å². The number of pyridine rings is 1. The number of likely N-dealkylation sites (tertiary alicyclic amines) is 1. The van der Waals surface area contributed by atoms with Crippen LogP contribution in [0, 0.1) is 0 Å². The zero-order chi connectivity index (χ0) is 15.1. The fourth-order valence-electron chi connectivity index (χ4n) is 2.46. The van der Waals surface area contributed by atoms with Gasteiger partial charge in [-0.05, 0) is 25.3 Å². The Morgan fingerprint density at radius 2 is 1.90 bits per heavy atom. The number of nitrogens with zero attached hydrogens (tertiary/aromatic N) is 2. The highest BCUT2D eigenvalue weighted by Gasteiger charge is 2.20. The third kappa shape index (κ3) is 4.28. The van der Waals surface area contributed by atoms with E-state index in [4.69, 9.17) is 0 Å². The first kappa shape index (κ1) is 15.5. The molecule has 2 heterocycles. The van der Waals surface area contributed by atoms with E-state index in [1.807, 2.05) is 4.90 Å². The lowest BCUT2D eigenvalue weighted by molar-refractivity contribution is 0.0792. The van der Waals surface area contributed by atoms with Crippen LogP contribution in [0.1, 0.15) is 59.7 Å². The zero-order valence-electron chi connectivity index (χ0n) is 12.6. The Balaban J connectivity index is 1.96. The van der Waals surface area contributed by atoms with Gasteiger partial charge >= 0.3 is 0 Å². The van der Waals surface area contributed by atoms with Crippen LogP contribution in [0.4, 0.5) is 0 Å². The zero-order valence-corrected chi connectivity index (χ0v) is 12.6. The molecule has 1 aromatic heterocycles. The van der Waals surface area contributed by atoms with Gasteiger partial charge in [-0.15, -0.1) is 0 Å². The molecule has 0 aromatic carbocycles. The first-order valence-corrected chi connectivity index (χ1v) is 7.75. The highest BCUT2D eigenvalue weighted by Crippen LogP contribution is 2.13. The summed E-state index contributed by atoms with van der Waals surface area (Å²) in [5, 5.41) is 2.87. The SMILES string of the molecule is CCCCCNC(=O)c1cncc(C(=O)N2CCCC2)c1. The molecule has 5 heteroatoms. The van der Waals surface area contributed by atoms with E-state index in [0.29, 0.717) is 17.7 Å². The number of rotatable bonds is 6. The fraction of sp³-hybridized carbons (Fsp3) is 0.562. The van der Waals surface area contributed by atoms with Gasteiger partial charge < -0.3 is 10.2 Å². The molecule has 2 amide bonds. The molecule has 114 valence electrons. The lowest BCUT2D eigenvalue weighted by Crippen LogP contribution is -2.29. The monoisotopic (exact) mass is 289 g/mol. The molecule has 0 bridgehead atoms. The molecule has 21 heavy (non-hydrogen) atoms. The largest absolute Gasteiger partial charge is 0.352 e. The topological polar surface area (TPSA) is 62.3 Å². The lowest BCUT2D eigenvalue weighted by Gasteiger charge is -2.15. The Labute approximate surface area is 125 Å². The molecule has 5 nitrogen and oxygen atoms in total. The molecule has 0 unspecified atom stereocenters. The van der Waals surface area contributed by atoms with Crippen LogP contribution in [-0.2, 0) is 0 Å². The molecule has 0 saturated carbocycles. The lowest BCUT2D eigenvalue weighted by atomic mass is 10.1. The third-order valence-corrected chi connectivity index (χ3v) is 3.71. The van der Waals surface area contributed by atoms with Crippen LogP contribution in [0.25, 0.3) is 0 Å². The maximum absolute atomic E-state index is 12.3. The molecule has 1 fully saturated rings. The molecule has 1 N–H and O–H groups in total. The molecule has 0 aliphatic carbocycles. The second-order valence-electron chi connectivity index (χ2n) is 5.42. The average Bonchev–Trinajstić information content (AvgIpc) is 3.05. The van der Waals surface area contributed by atoms with Crippen molar-refractivity contribution >= 4 is 11.8 Å². The van der Waals surface area contributed by atoms with E-state index in [1.165, 1.54) is 12.4 Å². The normalized spacial score (nSPS) is 14.2. The van der Waals surface area contributed by atoms with E-state index in [0.717, 1.165) is 45.2 Å². The molecule has 0 atom stereocenters. The van der Waals surface area contributed by atoms with Gasteiger partial charge in [-0.25, -0.2) is 0 Å². The van der Waals surface area contributed by atoms with E-state index < -0.39 is 0 Å². The number of nitrogens with one attached hydrogen (secondary N) is 1. The van der Waals surface area contributed by atoms with Crippen molar-refractivity contribution in [3.8, 4) is 0 Å². The molecule has 0 spiro atoms. The van der Waals surface area contributed by atoms with Crippen LogP contribution in [-0.4, -0.2) is 41.3 Å². The molecule has 1 aromatic rings. The maximum atomic E-state index is 12.3. The van der Waals surface area contributed by atoms with Crippen LogP contribution < -0.4 is 5.32 Å². The maximum Gasteiger partial charge on any atom is 0.255 e. The Bertz CT molecular complexity index is 496. The molecular formula is C16H23N3O2. The first-order valence-electron chi connectivity index (χ1n) is 7.75. The summed E-state index contributed by atoms with van der Waals surface area (Å²) >= 11 is 0. The van der Waals surface area contributed by atoms with Crippen molar-refractivity contribution in [2.75, 3.05) is 19.6 Å². The quantitative estimate of drug-likeness (QED) is 0.817. The minimum absolute atomic E-state index is 0.0272. The number of carbonyl (C=O) groups is 2. The highest BCUT2D eigenvalue weighted by molar-refractivity contribution is 5.99. The van der Waals surface area contributed by atoms with Crippen molar-refractivity contribution in [3.63, 3.8) is 0 Å². The van der Waals surface area contributed by atoms with E-state index in [9.17, 15) is 9.59 Å². The number of unbranched alkanes of at least 4 members (excludes halogenated alkanes) is 2. The number of carbonyl (C=O) groups excluding carboxylic acids is 2. The smallest absolute Gasteiger partial charge is 0.255 e. The van der Waals surface area contributed by atoms with Crippen molar-refractivity contribution in [1.29, 1.82) is 0 Å². The summed E-state index contributed by atoms with van der Waals surface area (Å²) in [4.78, 5) is 30.2. The summed E-state index contributed by atoms with van der Waals surface area (Å²) in [6.07, 6.45) is 8.35. The van der Waals surface area contributed by atoms with Gasteiger partial charge in [-0.2, -0.15) is 0 Å². The second kappa shape index (κ2) is 7.76. The Kier molecular flexibility index (Phi) is 5.72. The summed E-state index contributed by atoms with van der Waals surface area (Å²) in [7, 11) is 0. The Morgan fingerprint density at radius 1 is 1.19 bits per heavy atom. The van der Waals surface area contributed by atoms with Crippen molar-refractivity contribution < 1.29 is 9.59 Å². The Hall–Kier alpha value is -1.91. The van der Waals surface area contributed by atoms with Crippen LogP contribution in [0.2, 0.25) is 0 Å². The van der Waals surface area contributed by atoms with Gasteiger partial charge in [0.2, 0.25) is 0 Å². The van der Waals surface area contributed by atoms with Crippen molar-refractivity contribution in [3.05, 3.63) is 29.6 Å². The van der Waals surface area contributed by atoms with Gasteiger partial charge in [-0.1, -0.05) is 19.8 Å². The van der Waals surface area contributed by atoms with Gasteiger partial charge in [-0.3, -0.25) is 14.6 Å². The standard InChI is InChI=1S/C16H23N3O2/c1-2-3-4-7-18-15(20)13-10-14(12-17-11-13)16(21)19-8-5-6-9-19/h10-12H,2-9H2,1H3,(H,18,20). The number of amides is 2. The second-order valence-corrected chi connectivity index (χ2v) is 5.42. The summed E-state index contributed by atoms with van der Waals surface area (Å²) < 4.78 is 0. The van der Waals surface area contributed by atoms with Gasteiger partial charge in [0.1, 0.15) is 0 Å². The number of hydrogen-bond donors (Lipinski definition) is 1. The van der Waals surface area contributed by atoms with E-state index >= 15 is 0 Å². The van der Waals surface area contributed by atoms with E-state index in [2.05, 4.69) is 17.2 Å². The van der Waals surface area contributed by atoms with Crippen LogP contribution in [0.5, 0.6) is 0 Å². The van der Waals surface area contributed by atoms with Crippen molar-refractivity contribution in [2.45, 2.75) is 39.0 Å². The summed E-state index contributed by atoms with van der Waals surface area (Å²) in [5.74, 6) is -0.185. The van der Waals surface area contributed by atoms with E-state index in [1.54, 1.807) is 6.07 Å². The van der Waals surface area contributed by atoms with Crippen LogP contribution >= 0.6 is 0 Å². The molecule has 1 aliphatic rings. The average molecular weight is 289 g/mol. The minimum atomic E-state index is -0.158. The predicted octanol–water partition coefficient (Wildman–Crippen LogP) is 2.24. The Morgan fingerprint density at radius 3 is 2.62 bits per heavy atom. The van der Waals surface area contributed by atoms with E-state index in [-0.39, 0.29) is 11.8 Å². The molecular weight excluding hydrogens is 266 g/mol. The summed E-state index contributed by atoms with van der Waals surface area (Å²) in [6.45, 7) is 4.38. The number of hydrogen-bond acceptors (Lipinski definition) is 3. The van der Waals surface area contributed by atoms with Crippen molar-refractivity contribution in [2.24, 2.45) is 0 Å². The molecule has 1 saturated heterocycles. The van der Waals surface area contributed by atoms with Gasteiger partial charge in [0.25, 0.3) is 11.8 Å². The van der Waals surface area contributed by atoms with Gasteiger partial charge in [0.05, 0.1) is 11.1 Å². The predicted molar refractivity (Wildman–Crippen MR) is 81.2 cm³/mol. The van der Waals surface area contributed by atoms with Gasteiger partial charge in [0.15, 0.2) is 0 Å². The third-order valence-electron chi connectivity index (χ3n) is 3.71. The molecule has 1 aliphatic heterocycles. The highest BCUT2D eigenvalue weighted by atomic mass is 16.2. The van der Waals surface area contributed by atoms with Crippen molar-refractivity contribution in [1.82, 2.24) is 15.2 Å². The van der Waals surface area contributed by atoms with Crippen LogP contribution in [0.15, 0.2) is 18.5 Å². The minimum Gasteiger partial charge on any atom is -0.352 e. The molecule has 2 rings (SSSR count). The number of aromatic nitrogens is 1. The summed E-state index contributed by atoms with van der Waals surface area (Å²) in [5.41, 5.74) is 0.953. The van der Waals surface area contributed by atoms with Crippen LogP contribution in [0.3, 0.4) is 0 Å². The fourth-order valence-corrected chi connectivity index (χ4v) is 2.46. The summed E-state index contributed by atoms with van der Waals surface area (Å²) in [6, 6.07) is 1.64. The first-order chi connectivity index (χ1) is 10.2.